The Kier molecular flexibility index (Phi) is 8.60. The van der Waals surface area contributed by atoms with Gasteiger partial charge in [-0.1, -0.05) is 50.1 Å². The molecule has 1 aliphatic rings. The lowest BCUT2D eigenvalue weighted by atomic mass is 9.92. The lowest BCUT2D eigenvalue weighted by Gasteiger charge is -2.26. The maximum absolute atomic E-state index is 14.4. The smallest absolute Gasteiger partial charge is 0.320 e. The molecule has 0 atom stereocenters. The van der Waals surface area contributed by atoms with Crippen LogP contribution in [-0.4, -0.2) is 52.1 Å². The van der Waals surface area contributed by atoms with Crippen LogP contribution in [0, 0.1) is 12.7 Å². The fourth-order valence-corrected chi connectivity index (χ4v) is 4.59. The third-order valence-electron chi connectivity index (χ3n) is 6.64. The predicted molar refractivity (Wildman–Crippen MR) is 159 cm³/mol. The van der Waals surface area contributed by atoms with Gasteiger partial charge in [-0.15, -0.1) is 0 Å². The van der Waals surface area contributed by atoms with Crippen molar-refractivity contribution >= 4 is 29.4 Å². The number of halogens is 2. The first kappa shape index (κ1) is 29.3. The number of carbonyl (C=O) groups excluding carboxylic acids is 1. The number of hydrogen-bond donors (Lipinski definition) is 2. The van der Waals surface area contributed by atoms with E-state index in [2.05, 4.69) is 41.4 Å². The van der Waals surface area contributed by atoms with Gasteiger partial charge in [0.25, 0.3) is 0 Å². The summed E-state index contributed by atoms with van der Waals surface area (Å²) in [6, 6.07) is 13.2. The highest BCUT2D eigenvalue weighted by atomic mass is 35.5. The molecular formula is C30H33ClFN7O3. The summed E-state index contributed by atoms with van der Waals surface area (Å²) in [6.07, 6.45) is 1.58. The van der Waals surface area contributed by atoms with E-state index in [0.29, 0.717) is 43.6 Å². The van der Waals surface area contributed by atoms with Crippen molar-refractivity contribution in [3.63, 3.8) is 0 Å². The predicted octanol–water partition coefficient (Wildman–Crippen LogP) is 6.01. The largest absolute Gasteiger partial charge is 0.437 e. The zero-order valence-corrected chi connectivity index (χ0v) is 24.7. The van der Waals surface area contributed by atoms with Crippen LogP contribution in [0.25, 0.3) is 5.69 Å². The molecule has 5 rings (SSSR count). The summed E-state index contributed by atoms with van der Waals surface area (Å²) in [6.45, 7) is 10.6. The lowest BCUT2D eigenvalue weighted by Crippen LogP contribution is -2.37. The number of ether oxygens (including phenoxy) is 2. The summed E-state index contributed by atoms with van der Waals surface area (Å²) < 4.78 is 27.5. The van der Waals surface area contributed by atoms with Crippen molar-refractivity contribution in [3.05, 3.63) is 82.4 Å². The van der Waals surface area contributed by atoms with E-state index in [-0.39, 0.29) is 28.6 Å². The van der Waals surface area contributed by atoms with E-state index in [9.17, 15) is 9.18 Å². The molecule has 2 aromatic carbocycles. The number of amides is 2. The molecule has 0 radical (unpaired) electrons. The van der Waals surface area contributed by atoms with E-state index in [1.807, 2.05) is 42.2 Å². The summed E-state index contributed by atoms with van der Waals surface area (Å²) in [5.74, 6) is 0.847. The van der Waals surface area contributed by atoms with Crippen molar-refractivity contribution in [1.29, 1.82) is 0 Å². The van der Waals surface area contributed by atoms with Gasteiger partial charge in [0.15, 0.2) is 5.75 Å². The highest BCUT2D eigenvalue weighted by Gasteiger charge is 2.22. The van der Waals surface area contributed by atoms with Gasteiger partial charge in [0.05, 0.1) is 29.6 Å². The quantitative estimate of drug-likeness (QED) is 0.270. The van der Waals surface area contributed by atoms with Gasteiger partial charge in [-0.3, -0.25) is 5.32 Å². The van der Waals surface area contributed by atoms with Gasteiger partial charge < -0.3 is 19.7 Å². The lowest BCUT2D eigenvalue weighted by molar-refractivity contribution is 0.122. The van der Waals surface area contributed by atoms with Crippen molar-refractivity contribution in [1.82, 2.24) is 25.1 Å². The van der Waals surface area contributed by atoms with Crippen molar-refractivity contribution < 1.29 is 18.7 Å². The molecule has 1 saturated heterocycles. The van der Waals surface area contributed by atoms with Crippen LogP contribution in [-0.2, 0) is 16.7 Å². The van der Waals surface area contributed by atoms with Crippen molar-refractivity contribution in [2.75, 3.05) is 36.5 Å². The number of hydrogen-bond acceptors (Lipinski definition) is 7. The van der Waals surface area contributed by atoms with Gasteiger partial charge in [0.2, 0.25) is 11.8 Å². The summed E-state index contributed by atoms with van der Waals surface area (Å²) in [5.41, 5.74) is 2.83. The zero-order valence-electron chi connectivity index (χ0n) is 23.9. The van der Waals surface area contributed by atoms with Crippen LogP contribution in [0.4, 0.5) is 21.0 Å². The molecule has 1 aliphatic heterocycles. The third-order valence-corrected chi connectivity index (χ3v) is 6.92. The molecule has 2 aromatic heterocycles. The first-order chi connectivity index (χ1) is 20.1. The fourth-order valence-electron chi connectivity index (χ4n) is 4.32. The Morgan fingerprint density at radius 3 is 2.57 bits per heavy atom. The zero-order chi connectivity index (χ0) is 29.9. The molecule has 0 spiro atoms. The second-order valence-electron chi connectivity index (χ2n) is 11.0. The highest BCUT2D eigenvalue weighted by Crippen LogP contribution is 2.34. The Bertz CT molecular complexity index is 1560. The van der Waals surface area contributed by atoms with Gasteiger partial charge in [0.1, 0.15) is 11.6 Å². The van der Waals surface area contributed by atoms with Gasteiger partial charge in [0, 0.05) is 48.9 Å². The van der Waals surface area contributed by atoms with E-state index in [1.54, 1.807) is 16.9 Å². The van der Waals surface area contributed by atoms with E-state index < -0.39 is 11.8 Å². The summed E-state index contributed by atoms with van der Waals surface area (Å²) in [4.78, 5) is 23.9. The molecule has 0 saturated carbocycles. The Morgan fingerprint density at radius 1 is 1.12 bits per heavy atom. The normalized spacial score (nSPS) is 13.6. The van der Waals surface area contributed by atoms with E-state index in [1.165, 1.54) is 6.07 Å². The molecule has 2 amide bonds. The molecule has 12 heteroatoms. The standard InChI is InChI=1S/C30H33ClFN7O3/c1-19-5-7-22(8-6-19)39-25(17-24(37-39)30(2,3)4)35-29(40)34-18-20-15-21(32)16-23(31)27(20)42-26-9-10-33-28(36-26)38-11-13-41-14-12-38/h5-10,15-17H,11-14,18H2,1-4H3,(H2,34,35,40). The molecule has 2 N–H and O–H groups in total. The summed E-state index contributed by atoms with van der Waals surface area (Å²) in [5, 5.41) is 10.4. The highest BCUT2D eigenvalue weighted by molar-refractivity contribution is 6.32. The van der Waals surface area contributed by atoms with Crippen LogP contribution >= 0.6 is 11.6 Å². The molecule has 4 aromatic rings. The number of anilines is 2. The van der Waals surface area contributed by atoms with Crippen molar-refractivity contribution in [2.24, 2.45) is 0 Å². The van der Waals surface area contributed by atoms with E-state index in [0.717, 1.165) is 23.0 Å². The minimum atomic E-state index is -0.562. The number of nitrogens with zero attached hydrogens (tertiary/aromatic N) is 5. The Morgan fingerprint density at radius 2 is 1.86 bits per heavy atom. The van der Waals surface area contributed by atoms with Crippen molar-refractivity contribution in [3.8, 4) is 17.3 Å². The van der Waals surface area contributed by atoms with Gasteiger partial charge >= 0.3 is 6.03 Å². The third kappa shape index (κ3) is 6.97. The van der Waals surface area contributed by atoms with Crippen molar-refractivity contribution in [2.45, 2.75) is 39.7 Å². The van der Waals surface area contributed by atoms with Crippen LogP contribution in [0.5, 0.6) is 11.6 Å². The number of nitrogens with one attached hydrogen (secondary N) is 2. The first-order valence-corrected chi connectivity index (χ1v) is 14.0. The number of urea groups is 1. The topological polar surface area (TPSA) is 106 Å². The number of aryl methyl sites for hydroxylation is 1. The molecule has 10 nitrogen and oxygen atoms in total. The minimum Gasteiger partial charge on any atom is -0.437 e. The average Bonchev–Trinajstić information content (AvgIpc) is 3.39. The number of rotatable bonds is 7. The molecule has 0 bridgehead atoms. The molecule has 3 heterocycles. The Balaban J connectivity index is 1.33. The molecule has 220 valence electrons. The number of morpholine rings is 1. The van der Waals surface area contributed by atoms with E-state index >= 15 is 0 Å². The monoisotopic (exact) mass is 593 g/mol. The van der Waals surface area contributed by atoms with Crippen LogP contribution in [0.15, 0.2) is 54.7 Å². The van der Waals surface area contributed by atoms with Gasteiger partial charge in [-0.25, -0.2) is 18.9 Å². The maximum atomic E-state index is 14.4. The van der Waals surface area contributed by atoms with Gasteiger partial charge in [-0.05, 0) is 31.2 Å². The minimum absolute atomic E-state index is 0.0472. The summed E-state index contributed by atoms with van der Waals surface area (Å²) >= 11 is 6.39. The Labute approximate surface area is 248 Å². The number of carbonyl (C=O) groups is 1. The van der Waals surface area contributed by atoms with Gasteiger partial charge in [-0.2, -0.15) is 10.1 Å². The molecular weight excluding hydrogens is 561 g/mol. The second kappa shape index (κ2) is 12.3. The first-order valence-electron chi connectivity index (χ1n) is 13.6. The SMILES string of the molecule is Cc1ccc(-n2nc(C(C)(C)C)cc2NC(=O)NCc2cc(F)cc(Cl)c2Oc2ccnc(N3CCOCC3)n2)cc1. The van der Waals surface area contributed by atoms with Crippen LogP contribution < -0.4 is 20.3 Å². The van der Waals surface area contributed by atoms with Crippen LogP contribution in [0.1, 0.15) is 37.6 Å². The number of aromatic nitrogens is 4. The fraction of sp³-hybridized carbons (Fsp3) is 0.333. The molecule has 1 fully saturated rings. The van der Waals surface area contributed by atoms with E-state index in [4.69, 9.17) is 26.2 Å². The molecule has 0 unspecified atom stereocenters. The summed E-state index contributed by atoms with van der Waals surface area (Å²) in [7, 11) is 0. The average molecular weight is 594 g/mol. The Hall–Kier alpha value is -4.22. The number of benzene rings is 2. The molecule has 0 aliphatic carbocycles. The van der Waals surface area contributed by atoms with Crippen LogP contribution in [0.3, 0.4) is 0 Å². The molecule has 42 heavy (non-hydrogen) atoms. The van der Waals surface area contributed by atoms with Crippen LogP contribution in [0.2, 0.25) is 5.02 Å². The maximum Gasteiger partial charge on any atom is 0.320 e. The second-order valence-corrected chi connectivity index (χ2v) is 11.4.